The minimum absolute atomic E-state index is 0.131. The van der Waals surface area contributed by atoms with Gasteiger partial charge in [0, 0.05) is 24.1 Å². The Bertz CT molecular complexity index is 874. The summed E-state index contributed by atoms with van der Waals surface area (Å²) in [4.78, 5) is 32.2. The summed E-state index contributed by atoms with van der Waals surface area (Å²) in [7, 11) is 0. The molecule has 3 heterocycles. The van der Waals surface area contributed by atoms with Gasteiger partial charge >= 0.3 is 0 Å². The van der Waals surface area contributed by atoms with E-state index in [-0.39, 0.29) is 11.4 Å². The number of nitrogens with zero attached hydrogens (tertiary/aromatic N) is 3. The molecule has 1 aliphatic rings. The first-order chi connectivity index (χ1) is 12.4. The highest BCUT2D eigenvalue weighted by Crippen LogP contribution is 2.30. The number of carbonyl (C=O) groups excluding carboxylic acids is 1. The Hall–Kier alpha value is -2.69. The monoisotopic (exact) mass is 363 g/mol. The van der Waals surface area contributed by atoms with E-state index in [1.54, 1.807) is 6.92 Å². The summed E-state index contributed by atoms with van der Waals surface area (Å²) < 4.78 is 20.1. The van der Waals surface area contributed by atoms with Crippen LogP contribution in [0.25, 0.3) is 0 Å². The standard InChI is InChI=1S/C16H16FN4O5/c1-8-18-4-2-10(19-8)15(25)20-9-3-5-21(12(23)6-9)16-13(17)14(24)11(7-22)26-16/h2-6,11,13-14,16,24H,7H2,1H3,(H,20,25)/t11-,13-,14-,16-/m1/s1. The van der Waals surface area contributed by atoms with Crippen molar-refractivity contribution in [2.75, 3.05) is 11.9 Å². The maximum absolute atomic E-state index is 14.1. The predicted molar refractivity (Wildman–Crippen MR) is 85.8 cm³/mol. The molecule has 10 heteroatoms. The number of carbonyl (C=O) groups is 1. The summed E-state index contributed by atoms with van der Waals surface area (Å²) in [6.07, 6.45) is -3.46. The first-order valence-corrected chi connectivity index (χ1v) is 7.79. The second-order valence-corrected chi connectivity index (χ2v) is 5.77. The van der Waals surface area contributed by atoms with Crippen molar-refractivity contribution in [1.29, 1.82) is 0 Å². The zero-order valence-electron chi connectivity index (χ0n) is 13.7. The number of amides is 1. The Kier molecular flexibility index (Phi) is 5.07. The fourth-order valence-corrected chi connectivity index (χ4v) is 2.62. The molecule has 2 N–H and O–H groups in total. The Morgan fingerprint density at radius 2 is 2.23 bits per heavy atom. The lowest BCUT2D eigenvalue weighted by Crippen LogP contribution is -2.32. The first-order valence-electron chi connectivity index (χ1n) is 7.79. The largest absolute Gasteiger partial charge is 0.387 e. The smallest absolute Gasteiger partial charge is 0.274 e. The summed E-state index contributed by atoms with van der Waals surface area (Å²) in [6.45, 7) is 0.815. The van der Waals surface area contributed by atoms with E-state index >= 15 is 0 Å². The molecule has 137 valence electrons. The summed E-state index contributed by atoms with van der Waals surface area (Å²) in [5, 5.41) is 23.0. The molecule has 1 aliphatic heterocycles. The van der Waals surface area contributed by atoms with Crippen LogP contribution < -0.4 is 10.9 Å². The molecule has 0 bridgehead atoms. The van der Waals surface area contributed by atoms with Crippen LogP contribution in [0, 0.1) is 6.92 Å². The van der Waals surface area contributed by atoms with Crippen LogP contribution in [0.15, 0.2) is 35.4 Å². The van der Waals surface area contributed by atoms with Crippen molar-refractivity contribution in [3.63, 3.8) is 0 Å². The average Bonchev–Trinajstić information content (AvgIpc) is 2.90. The van der Waals surface area contributed by atoms with Crippen LogP contribution in [0.2, 0.25) is 0 Å². The second-order valence-electron chi connectivity index (χ2n) is 5.77. The van der Waals surface area contributed by atoms with Crippen molar-refractivity contribution in [3.8, 4) is 0 Å². The molecular formula is C16H16FN4O5. The van der Waals surface area contributed by atoms with Crippen LogP contribution >= 0.6 is 0 Å². The van der Waals surface area contributed by atoms with Gasteiger partial charge in [0.1, 0.15) is 30.3 Å². The van der Waals surface area contributed by atoms with Crippen LogP contribution in [0.3, 0.4) is 0 Å². The number of aliphatic hydroxyl groups excluding tert-OH is 1. The average molecular weight is 363 g/mol. The summed E-state index contributed by atoms with van der Waals surface area (Å²) in [5.41, 5.74) is -0.346. The lowest BCUT2D eigenvalue weighted by Gasteiger charge is -2.16. The minimum atomic E-state index is -1.91. The van der Waals surface area contributed by atoms with E-state index in [4.69, 9.17) is 4.74 Å². The number of nitrogens with one attached hydrogen (secondary N) is 1. The number of aryl methyl sites for hydroxylation is 1. The van der Waals surface area contributed by atoms with Crippen molar-refractivity contribution in [3.05, 3.63) is 52.5 Å². The zero-order chi connectivity index (χ0) is 18.8. The van der Waals surface area contributed by atoms with Gasteiger partial charge in [0.2, 0.25) is 0 Å². The quantitative estimate of drug-likeness (QED) is 0.800. The molecule has 0 saturated carbocycles. The first kappa shape index (κ1) is 18.1. The maximum atomic E-state index is 14.1. The lowest BCUT2D eigenvalue weighted by molar-refractivity contribution is -0.0615. The van der Waals surface area contributed by atoms with E-state index in [0.29, 0.717) is 5.82 Å². The molecule has 9 nitrogen and oxygen atoms in total. The van der Waals surface area contributed by atoms with Crippen LogP contribution in [-0.2, 0) is 9.84 Å². The van der Waals surface area contributed by atoms with E-state index in [1.807, 2.05) is 0 Å². The fourth-order valence-electron chi connectivity index (χ4n) is 2.62. The van der Waals surface area contributed by atoms with E-state index in [2.05, 4.69) is 15.3 Å². The van der Waals surface area contributed by atoms with Crippen molar-refractivity contribution in [2.45, 2.75) is 31.5 Å². The molecule has 1 amide bonds. The van der Waals surface area contributed by atoms with E-state index in [0.717, 1.165) is 10.6 Å². The molecule has 1 fully saturated rings. The summed E-state index contributed by atoms with van der Waals surface area (Å²) in [6, 6.07) is 3.88. The minimum Gasteiger partial charge on any atom is -0.387 e. The van der Waals surface area contributed by atoms with Gasteiger partial charge < -0.3 is 15.2 Å². The molecule has 0 aliphatic carbocycles. The van der Waals surface area contributed by atoms with Crippen molar-refractivity contribution in [2.24, 2.45) is 0 Å². The van der Waals surface area contributed by atoms with Gasteiger partial charge in [-0.25, -0.2) is 19.5 Å². The third-order valence-electron chi connectivity index (χ3n) is 3.95. The van der Waals surface area contributed by atoms with Gasteiger partial charge in [-0.05, 0) is 19.1 Å². The molecule has 1 saturated heterocycles. The molecule has 4 atom stereocenters. The van der Waals surface area contributed by atoms with Gasteiger partial charge in [-0.15, -0.1) is 0 Å². The van der Waals surface area contributed by atoms with Gasteiger partial charge in [-0.3, -0.25) is 14.2 Å². The number of aliphatic hydroxyl groups is 1. The van der Waals surface area contributed by atoms with Crippen LogP contribution in [0.4, 0.5) is 10.1 Å². The highest BCUT2D eigenvalue weighted by atomic mass is 19.1. The number of ether oxygens (including phenoxy) is 1. The Balaban J connectivity index is 1.78. The topological polar surface area (TPSA) is 126 Å². The summed E-state index contributed by atoms with van der Waals surface area (Å²) in [5.74, 6) is -0.109. The molecule has 0 spiro atoms. The Morgan fingerprint density at radius 3 is 2.85 bits per heavy atom. The maximum Gasteiger partial charge on any atom is 0.274 e. The molecule has 3 rings (SSSR count). The lowest BCUT2D eigenvalue weighted by atomic mass is 10.1. The molecular weight excluding hydrogens is 347 g/mol. The fraction of sp³-hybridized carbons (Fsp3) is 0.375. The number of pyridine rings is 1. The van der Waals surface area contributed by atoms with Gasteiger partial charge in [0.05, 0.1) is 0 Å². The normalized spacial score (nSPS) is 25.2. The van der Waals surface area contributed by atoms with Crippen molar-refractivity contribution >= 4 is 11.6 Å². The summed E-state index contributed by atoms with van der Waals surface area (Å²) >= 11 is 0. The van der Waals surface area contributed by atoms with Crippen molar-refractivity contribution < 1.29 is 24.1 Å². The SMILES string of the molecule is Cc1nccc(C(=O)Nc2ccn([C@@H]3O[C@H](C[O])[C@@H](O)[C@H]3F)c(=O)c2)n1. The second kappa shape index (κ2) is 7.28. The van der Waals surface area contributed by atoms with Crippen molar-refractivity contribution in [1.82, 2.24) is 14.5 Å². The Labute approximate surface area is 147 Å². The van der Waals surface area contributed by atoms with E-state index < -0.39 is 42.7 Å². The van der Waals surface area contributed by atoms with Gasteiger partial charge in [-0.2, -0.15) is 0 Å². The molecule has 0 unspecified atom stereocenters. The van der Waals surface area contributed by atoms with Crippen LogP contribution in [0.1, 0.15) is 22.5 Å². The number of aromatic nitrogens is 3. The number of anilines is 1. The number of hydrogen-bond donors (Lipinski definition) is 2. The predicted octanol–water partition coefficient (Wildman–Crippen LogP) is 0.226. The molecule has 2 aromatic heterocycles. The molecule has 2 aromatic rings. The molecule has 26 heavy (non-hydrogen) atoms. The Morgan fingerprint density at radius 1 is 1.46 bits per heavy atom. The number of hydrogen-bond acceptors (Lipinski definition) is 6. The third kappa shape index (κ3) is 3.47. The van der Waals surface area contributed by atoms with Gasteiger partial charge in [0.25, 0.3) is 11.5 Å². The van der Waals surface area contributed by atoms with Gasteiger partial charge in [0.15, 0.2) is 12.4 Å². The van der Waals surface area contributed by atoms with Crippen LogP contribution in [-0.4, -0.2) is 50.5 Å². The van der Waals surface area contributed by atoms with Crippen LogP contribution in [0.5, 0.6) is 0 Å². The molecule has 1 radical (unpaired) electrons. The third-order valence-corrected chi connectivity index (χ3v) is 3.95. The van der Waals surface area contributed by atoms with E-state index in [9.17, 15) is 24.2 Å². The zero-order valence-corrected chi connectivity index (χ0v) is 13.7. The molecule has 0 aromatic carbocycles. The number of alkyl halides is 1. The highest BCUT2D eigenvalue weighted by molar-refractivity contribution is 6.02. The number of rotatable bonds is 4. The highest BCUT2D eigenvalue weighted by Gasteiger charge is 2.45. The number of halogens is 1. The van der Waals surface area contributed by atoms with E-state index in [1.165, 1.54) is 24.5 Å². The van der Waals surface area contributed by atoms with Gasteiger partial charge in [-0.1, -0.05) is 0 Å².